The van der Waals surface area contributed by atoms with Gasteiger partial charge in [0.1, 0.15) is 19.5 Å². The van der Waals surface area contributed by atoms with Crippen molar-refractivity contribution >= 4 is 5.91 Å². The van der Waals surface area contributed by atoms with E-state index in [1.165, 1.54) is 0 Å². The van der Waals surface area contributed by atoms with E-state index in [1.54, 1.807) is 12.5 Å². The molecule has 2 aliphatic heterocycles. The molecule has 2 aromatic rings. The Hall–Kier alpha value is -2.63. The number of rotatable bonds is 2. The van der Waals surface area contributed by atoms with Crippen molar-refractivity contribution in [3.63, 3.8) is 0 Å². The van der Waals surface area contributed by atoms with Gasteiger partial charge in [0.25, 0.3) is 5.91 Å². The lowest BCUT2D eigenvalue weighted by Gasteiger charge is -2.33. The molecule has 1 unspecified atom stereocenters. The normalized spacial score (nSPS) is 19.8. The minimum Gasteiger partial charge on any atom is -0.486 e. The van der Waals surface area contributed by atoms with Crippen molar-refractivity contribution in [1.82, 2.24) is 14.9 Å². The molecular weight excluding hydrogens is 306 g/mol. The number of likely N-dealkylation sites (tertiary alicyclic amines) is 1. The number of carbonyl (C=O) groups is 1. The lowest BCUT2D eigenvalue weighted by Crippen LogP contribution is -2.39. The third-order valence-electron chi connectivity index (χ3n) is 4.53. The largest absolute Gasteiger partial charge is 0.486 e. The number of nitrogens with zero attached hydrogens (tertiary/aromatic N) is 3. The number of hydrogen-bond acceptors (Lipinski definition) is 5. The minimum absolute atomic E-state index is 0.00361. The summed E-state index contributed by atoms with van der Waals surface area (Å²) in [7, 11) is 0. The fourth-order valence-electron chi connectivity index (χ4n) is 3.36. The molecule has 0 aliphatic carbocycles. The second-order valence-corrected chi connectivity index (χ2v) is 6.05. The SMILES string of the molecule is O=C(c1cccc2c1OCCO2)N1CCCC(c2ccncn2)C1. The summed E-state index contributed by atoms with van der Waals surface area (Å²) in [6, 6.07) is 7.42. The molecule has 1 aromatic carbocycles. The number of para-hydroxylation sites is 1. The average molecular weight is 325 g/mol. The monoisotopic (exact) mass is 325 g/mol. The summed E-state index contributed by atoms with van der Waals surface area (Å²) in [5.74, 6) is 1.47. The van der Waals surface area contributed by atoms with E-state index >= 15 is 0 Å². The Morgan fingerprint density at radius 2 is 2.12 bits per heavy atom. The van der Waals surface area contributed by atoms with Gasteiger partial charge in [-0.15, -0.1) is 0 Å². The van der Waals surface area contributed by atoms with E-state index in [-0.39, 0.29) is 11.8 Å². The van der Waals surface area contributed by atoms with Crippen molar-refractivity contribution < 1.29 is 14.3 Å². The van der Waals surface area contributed by atoms with Crippen molar-refractivity contribution in [2.75, 3.05) is 26.3 Å². The van der Waals surface area contributed by atoms with E-state index in [2.05, 4.69) is 9.97 Å². The van der Waals surface area contributed by atoms with Crippen LogP contribution >= 0.6 is 0 Å². The Labute approximate surface area is 140 Å². The van der Waals surface area contributed by atoms with Crippen LogP contribution in [0.5, 0.6) is 11.5 Å². The molecule has 0 spiro atoms. The molecule has 2 aliphatic rings. The molecule has 0 N–H and O–H groups in total. The summed E-state index contributed by atoms with van der Waals surface area (Å²) in [6.07, 6.45) is 5.32. The second-order valence-electron chi connectivity index (χ2n) is 6.05. The van der Waals surface area contributed by atoms with Crippen molar-refractivity contribution in [3.8, 4) is 11.5 Å². The quantitative estimate of drug-likeness (QED) is 0.847. The van der Waals surface area contributed by atoms with Crippen LogP contribution in [-0.2, 0) is 0 Å². The molecule has 124 valence electrons. The molecule has 1 fully saturated rings. The van der Waals surface area contributed by atoms with E-state index in [0.717, 1.165) is 25.1 Å². The maximum absolute atomic E-state index is 13.0. The lowest BCUT2D eigenvalue weighted by atomic mass is 9.94. The summed E-state index contributed by atoms with van der Waals surface area (Å²) in [6.45, 7) is 2.41. The fraction of sp³-hybridized carbons (Fsp3) is 0.389. The highest BCUT2D eigenvalue weighted by molar-refractivity contribution is 5.98. The van der Waals surface area contributed by atoms with Crippen molar-refractivity contribution in [1.29, 1.82) is 0 Å². The molecular formula is C18H19N3O3. The van der Waals surface area contributed by atoms with Crippen LogP contribution in [0.1, 0.15) is 34.8 Å². The first-order valence-electron chi connectivity index (χ1n) is 8.27. The molecule has 1 saturated heterocycles. The standard InChI is InChI=1S/C18H19N3O3/c22-18(14-4-1-5-16-17(14)24-10-9-23-16)21-8-2-3-13(11-21)15-6-7-19-12-20-15/h1,4-7,12-13H,2-3,8-11H2. The van der Waals surface area contributed by atoms with E-state index in [1.807, 2.05) is 29.2 Å². The molecule has 1 aromatic heterocycles. The van der Waals surface area contributed by atoms with Crippen LogP contribution < -0.4 is 9.47 Å². The number of carbonyl (C=O) groups excluding carboxylic acids is 1. The van der Waals surface area contributed by atoms with Gasteiger partial charge >= 0.3 is 0 Å². The van der Waals surface area contributed by atoms with Crippen LogP contribution in [0, 0.1) is 0 Å². The summed E-state index contributed by atoms with van der Waals surface area (Å²) in [5.41, 5.74) is 1.58. The third-order valence-corrected chi connectivity index (χ3v) is 4.53. The van der Waals surface area contributed by atoms with Gasteiger partial charge in [-0.2, -0.15) is 0 Å². The van der Waals surface area contributed by atoms with Crippen LogP contribution in [-0.4, -0.2) is 47.1 Å². The second kappa shape index (κ2) is 6.47. The van der Waals surface area contributed by atoms with Gasteiger partial charge in [-0.05, 0) is 31.0 Å². The highest BCUT2D eigenvalue weighted by Gasteiger charge is 2.29. The molecule has 1 amide bonds. The van der Waals surface area contributed by atoms with Crippen LogP contribution in [0.2, 0.25) is 0 Å². The summed E-state index contributed by atoms with van der Waals surface area (Å²) >= 11 is 0. The number of benzene rings is 1. The first kappa shape index (κ1) is 14.9. The molecule has 24 heavy (non-hydrogen) atoms. The van der Waals surface area contributed by atoms with Gasteiger partial charge in [-0.1, -0.05) is 6.07 Å². The van der Waals surface area contributed by atoms with Crippen LogP contribution in [0.15, 0.2) is 36.8 Å². The Kier molecular flexibility index (Phi) is 4.02. The van der Waals surface area contributed by atoms with Gasteiger partial charge in [0.05, 0.1) is 5.56 Å². The summed E-state index contributed by atoms with van der Waals surface area (Å²) in [5, 5.41) is 0. The first-order valence-corrected chi connectivity index (χ1v) is 8.27. The van der Waals surface area contributed by atoms with Gasteiger partial charge in [-0.25, -0.2) is 9.97 Å². The number of piperidine rings is 1. The summed E-state index contributed by atoms with van der Waals surface area (Å²) < 4.78 is 11.3. The molecule has 1 atom stereocenters. The summed E-state index contributed by atoms with van der Waals surface area (Å²) in [4.78, 5) is 23.2. The van der Waals surface area contributed by atoms with Crippen molar-refractivity contribution in [2.45, 2.75) is 18.8 Å². The zero-order valence-corrected chi connectivity index (χ0v) is 13.4. The predicted octanol–water partition coefficient (Wildman–Crippen LogP) is 2.27. The molecule has 6 nitrogen and oxygen atoms in total. The molecule has 0 radical (unpaired) electrons. The predicted molar refractivity (Wildman–Crippen MR) is 87.3 cm³/mol. The maximum atomic E-state index is 13.0. The van der Waals surface area contributed by atoms with Gasteiger partial charge in [0, 0.05) is 30.9 Å². The zero-order chi connectivity index (χ0) is 16.4. The highest BCUT2D eigenvalue weighted by atomic mass is 16.6. The number of ether oxygens (including phenoxy) is 2. The van der Waals surface area contributed by atoms with E-state index in [9.17, 15) is 4.79 Å². The minimum atomic E-state index is -0.00361. The number of amides is 1. The van der Waals surface area contributed by atoms with Crippen molar-refractivity contribution in [3.05, 3.63) is 48.0 Å². The number of fused-ring (bicyclic) bond motifs is 1. The first-order chi connectivity index (χ1) is 11.8. The van der Waals surface area contributed by atoms with E-state index in [4.69, 9.17) is 9.47 Å². The molecule has 4 rings (SSSR count). The van der Waals surface area contributed by atoms with Gasteiger partial charge in [0.2, 0.25) is 0 Å². The molecule has 3 heterocycles. The number of aromatic nitrogens is 2. The van der Waals surface area contributed by atoms with E-state index < -0.39 is 0 Å². The van der Waals surface area contributed by atoms with E-state index in [0.29, 0.717) is 36.8 Å². The van der Waals surface area contributed by atoms with Crippen molar-refractivity contribution in [2.24, 2.45) is 0 Å². The molecule has 0 bridgehead atoms. The topological polar surface area (TPSA) is 64.6 Å². The molecule has 0 saturated carbocycles. The van der Waals surface area contributed by atoms with Crippen LogP contribution in [0.25, 0.3) is 0 Å². The Morgan fingerprint density at radius 3 is 3.00 bits per heavy atom. The number of hydrogen-bond donors (Lipinski definition) is 0. The molecule has 6 heteroatoms. The fourth-order valence-corrected chi connectivity index (χ4v) is 3.36. The Morgan fingerprint density at radius 1 is 1.21 bits per heavy atom. The average Bonchev–Trinajstić information content (AvgIpc) is 2.68. The third kappa shape index (κ3) is 2.79. The van der Waals surface area contributed by atoms with Crippen LogP contribution in [0.4, 0.5) is 0 Å². The maximum Gasteiger partial charge on any atom is 0.257 e. The Bertz CT molecular complexity index is 736. The zero-order valence-electron chi connectivity index (χ0n) is 13.4. The van der Waals surface area contributed by atoms with Crippen LogP contribution in [0.3, 0.4) is 0 Å². The Balaban J connectivity index is 1.56. The van der Waals surface area contributed by atoms with Gasteiger partial charge in [-0.3, -0.25) is 4.79 Å². The van der Waals surface area contributed by atoms with Gasteiger partial charge < -0.3 is 14.4 Å². The highest BCUT2D eigenvalue weighted by Crippen LogP contribution is 2.35. The van der Waals surface area contributed by atoms with Gasteiger partial charge in [0.15, 0.2) is 11.5 Å². The lowest BCUT2D eigenvalue weighted by molar-refractivity contribution is 0.0695. The smallest absolute Gasteiger partial charge is 0.257 e.